The second kappa shape index (κ2) is 6.61. The molecule has 1 aliphatic heterocycles. The average Bonchev–Trinajstić information content (AvgIpc) is 2.67. The minimum atomic E-state index is -0.768. The van der Waals surface area contributed by atoms with Gasteiger partial charge in [-0.15, -0.1) is 0 Å². The van der Waals surface area contributed by atoms with Crippen molar-refractivity contribution in [3.8, 4) is 0 Å². The number of rotatable bonds is 3. The van der Waals surface area contributed by atoms with Gasteiger partial charge in [0.1, 0.15) is 0 Å². The normalized spacial score (nSPS) is 23.0. The van der Waals surface area contributed by atoms with Crippen molar-refractivity contribution in [1.82, 2.24) is 0 Å². The Balaban J connectivity index is 2.06. The van der Waals surface area contributed by atoms with E-state index < -0.39 is 6.17 Å². The Labute approximate surface area is 132 Å². The molecule has 1 saturated carbocycles. The van der Waals surface area contributed by atoms with Gasteiger partial charge in [0, 0.05) is 23.7 Å². The number of nitrogens with two attached hydrogens (primary N) is 1. The number of anilines is 1. The monoisotopic (exact) mass is 299 g/mol. The van der Waals surface area contributed by atoms with E-state index in [0.29, 0.717) is 12.5 Å². The van der Waals surface area contributed by atoms with E-state index in [9.17, 15) is 4.79 Å². The van der Waals surface area contributed by atoms with E-state index in [4.69, 9.17) is 5.73 Å². The van der Waals surface area contributed by atoms with Gasteiger partial charge in [0.25, 0.3) is 5.91 Å². The van der Waals surface area contributed by atoms with Crippen molar-refractivity contribution in [2.75, 3.05) is 11.4 Å². The van der Waals surface area contributed by atoms with Crippen molar-refractivity contribution < 1.29 is 4.79 Å². The van der Waals surface area contributed by atoms with Gasteiger partial charge in [-0.3, -0.25) is 9.79 Å². The van der Waals surface area contributed by atoms with E-state index >= 15 is 0 Å². The number of nitrogens with zero attached hydrogens (tertiary/aromatic N) is 2. The number of benzene rings is 1. The van der Waals surface area contributed by atoms with Crippen LogP contribution in [0.2, 0.25) is 0 Å². The van der Waals surface area contributed by atoms with Gasteiger partial charge >= 0.3 is 0 Å². The molecule has 0 bridgehead atoms. The third kappa shape index (κ3) is 2.80. The van der Waals surface area contributed by atoms with E-state index in [0.717, 1.165) is 36.2 Å². The summed E-state index contributed by atoms with van der Waals surface area (Å²) < 4.78 is 0. The predicted molar refractivity (Wildman–Crippen MR) is 90.2 cm³/mol. The molecule has 0 spiro atoms. The van der Waals surface area contributed by atoms with Crippen LogP contribution in [0.1, 0.15) is 51.0 Å². The van der Waals surface area contributed by atoms with Gasteiger partial charge in [-0.2, -0.15) is 0 Å². The number of carbonyl (C=O) groups is 1. The molecule has 2 N–H and O–H groups in total. The smallest absolute Gasteiger partial charge is 0.266 e. The zero-order chi connectivity index (χ0) is 15.5. The van der Waals surface area contributed by atoms with Gasteiger partial charge in [-0.25, -0.2) is 0 Å². The predicted octanol–water partition coefficient (Wildman–Crippen LogP) is 3.10. The first kappa shape index (κ1) is 15.2. The third-order valence-electron chi connectivity index (χ3n) is 4.71. The van der Waals surface area contributed by atoms with Gasteiger partial charge in [0.15, 0.2) is 6.17 Å². The maximum atomic E-state index is 12.6. The minimum absolute atomic E-state index is 0.0832. The molecule has 1 aliphatic carbocycles. The van der Waals surface area contributed by atoms with Crippen LogP contribution in [0, 0.1) is 5.92 Å². The molecular weight excluding hydrogens is 274 g/mol. The zero-order valence-electron chi connectivity index (χ0n) is 13.3. The largest absolute Gasteiger partial charge is 0.309 e. The van der Waals surface area contributed by atoms with Gasteiger partial charge < -0.3 is 10.6 Å². The summed E-state index contributed by atoms with van der Waals surface area (Å²) in [7, 11) is 0. The molecule has 22 heavy (non-hydrogen) atoms. The SMILES string of the molecule is CCCN1C(=O)[C@@H](N)N=C(C2CCCCC2)c2ccccc21. The molecular formula is C18H25N3O. The number of amides is 1. The molecule has 1 fully saturated rings. The summed E-state index contributed by atoms with van der Waals surface area (Å²) in [6.07, 6.45) is 6.24. The summed E-state index contributed by atoms with van der Waals surface area (Å²) in [5.41, 5.74) is 9.23. The molecule has 2 aliphatic rings. The molecule has 0 aromatic heterocycles. The molecule has 1 heterocycles. The summed E-state index contributed by atoms with van der Waals surface area (Å²) in [5.74, 6) is 0.357. The van der Waals surface area contributed by atoms with E-state index in [1.807, 2.05) is 23.1 Å². The van der Waals surface area contributed by atoms with Crippen LogP contribution in [0.3, 0.4) is 0 Å². The first-order chi connectivity index (χ1) is 10.7. The molecule has 0 radical (unpaired) electrons. The maximum absolute atomic E-state index is 12.6. The maximum Gasteiger partial charge on any atom is 0.266 e. The van der Waals surface area contributed by atoms with Crippen LogP contribution in [0.4, 0.5) is 5.69 Å². The lowest BCUT2D eigenvalue weighted by molar-refractivity contribution is -0.119. The van der Waals surface area contributed by atoms with Crippen LogP contribution in [0.15, 0.2) is 29.3 Å². The number of aliphatic imine (C=N–C) groups is 1. The molecule has 0 saturated heterocycles. The molecule has 1 aromatic rings. The van der Waals surface area contributed by atoms with Gasteiger partial charge in [-0.05, 0) is 25.3 Å². The fourth-order valence-electron chi connectivity index (χ4n) is 3.63. The number of hydrogen-bond acceptors (Lipinski definition) is 3. The van der Waals surface area contributed by atoms with Gasteiger partial charge in [-0.1, -0.05) is 44.4 Å². The first-order valence-corrected chi connectivity index (χ1v) is 8.46. The number of benzodiazepines with no additional fused rings is 1. The molecule has 1 amide bonds. The second-order valence-electron chi connectivity index (χ2n) is 6.30. The fraction of sp³-hybridized carbons (Fsp3) is 0.556. The number of para-hydroxylation sites is 1. The summed E-state index contributed by atoms with van der Waals surface area (Å²) >= 11 is 0. The van der Waals surface area contributed by atoms with Crippen LogP contribution < -0.4 is 10.6 Å². The van der Waals surface area contributed by atoms with Crippen LogP contribution in [-0.4, -0.2) is 24.3 Å². The third-order valence-corrected chi connectivity index (χ3v) is 4.71. The highest BCUT2D eigenvalue weighted by atomic mass is 16.2. The first-order valence-electron chi connectivity index (χ1n) is 8.46. The molecule has 4 heteroatoms. The Morgan fingerprint density at radius 1 is 1.23 bits per heavy atom. The lowest BCUT2D eigenvalue weighted by Crippen LogP contribution is -2.42. The lowest BCUT2D eigenvalue weighted by Gasteiger charge is -2.26. The number of fused-ring (bicyclic) bond motifs is 1. The minimum Gasteiger partial charge on any atom is -0.309 e. The molecule has 4 nitrogen and oxygen atoms in total. The Kier molecular flexibility index (Phi) is 4.57. The Morgan fingerprint density at radius 2 is 1.95 bits per heavy atom. The van der Waals surface area contributed by atoms with Crippen molar-refractivity contribution in [1.29, 1.82) is 0 Å². The summed E-state index contributed by atoms with van der Waals surface area (Å²) in [6.45, 7) is 2.77. The highest BCUT2D eigenvalue weighted by Crippen LogP contribution is 2.33. The van der Waals surface area contributed by atoms with Crippen LogP contribution in [0.5, 0.6) is 0 Å². The van der Waals surface area contributed by atoms with E-state index in [-0.39, 0.29) is 5.91 Å². The Bertz CT molecular complexity index is 575. The quantitative estimate of drug-likeness (QED) is 0.932. The number of carbonyl (C=O) groups excluding carboxylic acids is 1. The van der Waals surface area contributed by atoms with Crippen LogP contribution >= 0.6 is 0 Å². The highest BCUT2D eigenvalue weighted by Gasteiger charge is 2.31. The van der Waals surface area contributed by atoms with E-state index in [1.54, 1.807) is 0 Å². The number of hydrogen-bond donors (Lipinski definition) is 1. The van der Waals surface area contributed by atoms with Gasteiger partial charge in [0.05, 0.1) is 5.69 Å². The van der Waals surface area contributed by atoms with Crippen LogP contribution in [0.25, 0.3) is 0 Å². The fourth-order valence-corrected chi connectivity index (χ4v) is 3.63. The highest BCUT2D eigenvalue weighted by molar-refractivity contribution is 6.13. The standard InChI is InChI=1S/C18H25N3O/c1-2-12-21-15-11-7-6-10-14(15)16(20-17(19)18(21)22)13-8-4-3-5-9-13/h6-7,10-11,13,17H,2-5,8-9,12,19H2,1H3/t17-/m0/s1. The Morgan fingerprint density at radius 3 is 2.68 bits per heavy atom. The lowest BCUT2D eigenvalue weighted by atomic mass is 9.83. The van der Waals surface area contributed by atoms with Gasteiger partial charge in [0.2, 0.25) is 0 Å². The summed E-state index contributed by atoms with van der Waals surface area (Å²) in [5, 5.41) is 0. The van der Waals surface area contributed by atoms with Crippen molar-refractivity contribution in [3.63, 3.8) is 0 Å². The molecule has 118 valence electrons. The summed E-state index contributed by atoms with van der Waals surface area (Å²) in [4.78, 5) is 19.1. The Hall–Kier alpha value is -1.68. The summed E-state index contributed by atoms with van der Waals surface area (Å²) in [6, 6.07) is 8.14. The van der Waals surface area contributed by atoms with E-state index in [1.165, 1.54) is 19.3 Å². The zero-order valence-corrected chi connectivity index (χ0v) is 13.3. The van der Waals surface area contributed by atoms with Crippen molar-refractivity contribution in [2.45, 2.75) is 51.6 Å². The molecule has 0 unspecified atom stereocenters. The van der Waals surface area contributed by atoms with E-state index in [2.05, 4.69) is 18.0 Å². The molecule has 3 rings (SSSR count). The second-order valence-corrected chi connectivity index (χ2v) is 6.30. The van der Waals surface area contributed by atoms with Crippen LogP contribution in [-0.2, 0) is 4.79 Å². The van der Waals surface area contributed by atoms with Crippen molar-refractivity contribution in [2.24, 2.45) is 16.6 Å². The average molecular weight is 299 g/mol. The molecule has 1 atom stereocenters. The van der Waals surface area contributed by atoms with Crippen molar-refractivity contribution >= 4 is 17.3 Å². The van der Waals surface area contributed by atoms with Crippen molar-refractivity contribution in [3.05, 3.63) is 29.8 Å². The topological polar surface area (TPSA) is 58.7 Å². The molecule has 1 aromatic carbocycles.